The van der Waals surface area contributed by atoms with Gasteiger partial charge in [0.2, 0.25) is 0 Å². The molecule has 0 saturated heterocycles. The van der Waals surface area contributed by atoms with Crippen LogP contribution in [0.2, 0.25) is 0 Å². The van der Waals surface area contributed by atoms with Crippen LogP contribution < -0.4 is 9.47 Å². The molecule has 88 valence electrons. The number of methoxy groups -OCH3 is 2. The van der Waals surface area contributed by atoms with Gasteiger partial charge in [0.15, 0.2) is 11.5 Å². The van der Waals surface area contributed by atoms with Gasteiger partial charge in [-0.1, -0.05) is 19.9 Å². The van der Waals surface area contributed by atoms with E-state index < -0.39 is 0 Å². The molecule has 3 heteroatoms. The van der Waals surface area contributed by atoms with Crippen LogP contribution in [0.15, 0.2) is 18.2 Å². The summed E-state index contributed by atoms with van der Waals surface area (Å²) in [5, 5.41) is 0. The number of hydrogen-bond donors (Lipinski definition) is 0. The van der Waals surface area contributed by atoms with Crippen molar-refractivity contribution in [3.8, 4) is 11.5 Å². The molecule has 1 aromatic carbocycles. The fourth-order valence-corrected chi connectivity index (χ4v) is 1.61. The average Bonchev–Trinajstić information content (AvgIpc) is 2.35. The van der Waals surface area contributed by atoms with Gasteiger partial charge in [-0.05, 0) is 17.7 Å². The Balaban J connectivity index is 3.03. The Morgan fingerprint density at radius 1 is 1.25 bits per heavy atom. The predicted octanol–water partition coefficient (Wildman–Crippen LogP) is 2.79. The van der Waals surface area contributed by atoms with Crippen molar-refractivity contribution in [3.63, 3.8) is 0 Å². The Morgan fingerprint density at radius 3 is 2.38 bits per heavy atom. The van der Waals surface area contributed by atoms with Crippen LogP contribution >= 0.6 is 0 Å². The van der Waals surface area contributed by atoms with Crippen LogP contribution in [0.5, 0.6) is 11.5 Å². The molecular weight excluding hydrogens is 204 g/mol. The summed E-state index contributed by atoms with van der Waals surface area (Å²) < 4.78 is 10.4. The molecule has 0 aliphatic heterocycles. The maximum absolute atomic E-state index is 11.6. The van der Waals surface area contributed by atoms with E-state index in [4.69, 9.17) is 9.47 Å². The summed E-state index contributed by atoms with van der Waals surface area (Å²) in [5.41, 5.74) is 0.963. The molecule has 0 radical (unpaired) electrons. The number of ketones is 1. The van der Waals surface area contributed by atoms with E-state index in [0.29, 0.717) is 17.9 Å². The van der Waals surface area contributed by atoms with E-state index in [-0.39, 0.29) is 11.7 Å². The lowest BCUT2D eigenvalue weighted by molar-refractivity contribution is -0.119. The molecule has 1 rings (SSSR count). The number of carbonyl (C=O) groups excluding carboxylic acids is 1. The summed E-state index contributed by atoms with van der Waals surface area (Å²) in [7, 11) is 3.19. The summed E-state index contributed by atoms with van der Waals surface area (Å²) in [6.07, 6.45) is 0.551. The van der Waals surface area contributed by atoms with Crippen molar-refractivity contribution in [2.75, 3.05) is 14.2 Å². The van der Waals surface area contributed by atoms with Crippen molar-refractivity contribution in [3.05, 3.63) is 23.8 Å². The van der Waals surface area contributed by atoms with Gasteiger partial charge in [0.1, 0.15) is 5.78 Å². The molecule has 0 amide bonds. The Bertz CT molecular complexity index is 371. The Hall–Kier alpha value is -1.51. The SMILES string of the molecule is CCC(=O)[C@@H](C)c1ccc(OC)c(OC)c1. The second-order valence-corrected chi connectivity index (χ2v) is 3.66. The van der Waals surface area contributed by atoms with Crippen LogP contribution in [0.25, 0.3) is 0 Å². The summed E-state index contributed by atoms with van der Waals surface area (Å²) in [4.78, 5) is 11.6. The summed E-state index contributed by atoms with van der Waals surface area (Å²) >= 11 is 0. The lowest BCUT2D eigenvalue weighted by atomic mass is 9.95. The van der Waals surface area contributed by atoms with Crippen LogP contribution in [0.3, 0.4) is 0 Å². The number of rotatable bonds is 5. The van der Waals surface area contributed by atoms with E-state index in [1.165, 1.54) is 0 Å². The lowest BCUT2D eigenvalue weighted by Crippen LogP contribution is -2.07. The van der Waals surface area contributed by atoms with E-state index in [1.54, 1.807) is 14.2 Å². The zero-order valence-electron chi connectivity index (χ0n) is 10.2. The first-order valence-corrected chi connectivity index (χ1v) is 5.38. The van der Waals surface area contributed by atoms with Crippen molar-refractivity contribution < 1.29 is 14.3 Å². The topological polar surface area (TPSA) is 35.5 Å². The van der Waals surface area contributed by atoms with Gasteiger partial charge in [0.05, 0.1) is 14.2 Å². The third-order valence-corrected chi connectivity index (χ3v) is 2.74. The largest absolute Gasteiger partial charge is 0.493 e. The number of benzene rings is 1. The molecule has 1 atom stereocenters. The maximum Gasteiger partial charge on any atom is 0.161 e. The second kappa shape index (κ2) is 5.54. The van der Waals surface area contributed by atoms with Crippen molar-refractivity contribution in [1.82, 2.24) is 0 Å². The first kappa shape index (κ1) is 12.6. The minimum atomic E-state index is -0.0928. The van der Waals surface area contributed by atoms with E-state index in [0.717, 1.165) is 5.56 Å². The van der Waals surface area contributed by atoms with E-state index in [9.17, 15) is 4.79 Å². The molecular formula is C13H18O3. The monoisotopic (exact) mass is 222 g/mol. The van der Waals surface area contributed by atoms with Crippen LogP contribution in [-0.2, 0) is 4.79 Å². The van der Waals surface area contributed by atoms with Crippen LogP contribution in [-0.4, -0.2) is 20.0 Å². The van der Waals surface area contributed by atoms with Gasteiger partial charge in [-0.3, -0.25) is 4.79 Å². The first-order chi connectivity index (χ1) is 7.63. The zero-order chi connectivity index (χ0) is 12.1. The van der Waals surface area contributed by atoms with Crippen molar-refractivity contribution >= 4 is 5.78 Å². The van der Waals surface area contributed by atoms with Gasteiger partial charge in [0, 0.05) is 12.3 Å². The van der Waals surface area contributed by atoms with Crippen LogP contribution in [0, 0.1) is 0 Å². The molecule has 16 heavy (non-hydrogen) atoms. The molecule has 0 saturated carbocycles. The highest BCUT2D eigenvalue weighted by atomic mass is 16.5. The average molecular weight is 222 g/mol. The van der Waals surface area contributed by atoms with Gasteiger partial charge in [-0.25, -0.2) is 0 Å². The number of hydrogen-bond acceptors (Lipinski definition) is 3. The van der Waals surface area contributed by atoms with Gasteiger partial charge < -0.3 is 9.47 Å². The highest BCUT2D eigenvalue weighted by molar-refractivity contribution is 5.85. The normalized spacial score (nSPS) is 12.0. The molecule has 0 aliphatic carbocycles. The fraction of sp³-hybridized carbons (Fsp3) is 0.462. The van der Waals surface area contributed by atoms with E-state index in [2.05, 4.69) is 0 Å². The predicted molar refractivity (Wildman–Crippen MR) is 63.3 cm³/mol. The van der Waals surface area contributed by atoms with Gasteiger partial charge in [-0.2, -0.15) is 0 Å². The number of ether oxygens (including phenoxy) is 2. The standard InChI is InChI=1S/C13H18O3/c1-5-11(14)9(2)10-6-7-12(15-3)13(8-10)16-4/h6-9H,5H2,1-4H3/t9-/m0/s1. The third-order valence-electron chi connectivity index (χ3n) is 2.74. The van der Waals surface area contributed by atoms with Crippen LogP contribution in [0.4, 0.5) is 0 Å². The molecule has 0 unspecified atom stereocenters. The highest BCUT2D eigenvalue weighted by Gasteiger charge is 2.15. The molecule has 0 fully saturated rings. The van der Waals surface area contributed by atoms with Gasteiger partial charge in [0.25, 0.3) is 0 Å². The Morgan fingerprint density at radius 2 is 1.88 bits per heavy atom. The highest BCUT2D eigenvalue weighted by Crippen LogP contribution is 2.31. The summed E-state index contributed by atoms with van der Waals surface area (Å²) in [6, 6.07) is 5.59. The molecule has 0 bridgehead atoms. The minimum Gasteiger partial charge on any atom is -0.493 e. The molecule has 1 aromatic rings. The minimum absolute atomic E-state index is 0.0928. The molecule has 0 spiro atoms. The Labute approximate surface area is 96.4 Å². The smallest absolute Gasteiger partial charge is 0.161 e. The number of carbonyl (C=O) groups is 1. The van der Waals surface area contributed by atoms with E-state index >= 15 is 0 Å². The maximum atomic E-state index is 11.6. The Kier molecular flexibility index (Phi) is 4.35. The summed E-state index contributed by atoms with van der Waals surface area (Å²) in [5.74, 6) is 1.48. The molecule has 0 aliphatic rings. The van der Waals surface area contributed by atoms with Gasteiger partial charge >= 0.3 is 0 Å². The second-order valence-electron chi connectivity index (χ2n) is 3.66. The molecule has 0 aromatic heterocycles. The van der Waals surface area contributed by atoms with Crippen molar-refractivity contribution in [2.45, 2.75) is 26.2 Å². The lowest BCUT2D eigenvalue weighted by Gasteiger charge is -2.13. The zero-order valence-corrected chi connectivity index (χ0v) is 10.2. The molecule has 0 N–H and O–H groups in total. The van der Waals surface area contributed by atoms with E-state index in [1.807, 2.05) is 32.0 Å². The fourth-order valence-electron chi connectivity index (χ4n) is 1.61. The van der Waals surface area contributed by atoms with Crippen LogP contribution in [0.1, 0.15) is 31.7 Å². The molecule has 3 nitrogen and oxygen atoms in total. The van der Waals surface area contributed by atoms with Crippen molar-refractivity contribution in [1.29, 1.82) is 0 Å². The van der Waals surface area contributed by atoms with Gasteiger partial charge in [-0.15, -0.1) is 0 Å². The first-order valence-electron chi connectivity index (χ1n) is 5.38. The number of Topliss-reactive ketones (excluding diaryl/α,β-unsaturated/α-hetero) is 1. The molecule has 0 heterocycles. The summed E-state index contributed by atoms with van der Waals surface area (Å²) in [6.45, 7) is 3.78. The van der Waals surface area contributed by atoms with Crippen molar-refractivity contribution in [2.24, 2.45) is 0 Å². The third kappa shape index (κ3) is 2.54. The quantitative estimate of drug-likeness (QED) is 0.768.